The summed E-state index contributed by atoms with van der Waals surface area (Å²) in [5.74, 6) is -0.589. The number of hydrogen-bond acceptors (Lipinski definition) is 5. The first-order valence-corrected chi connectivity index (χ1v) is 8.19. The summed E-state index contributed by atoms with van der Waals surface area (Å²) >= 11 is 0. The number of nitrogens with zero attached hydrogens (tertiary/aromatic N) is 2. The van der Waals surface area contributed by atoms with Crippen LogP contribution in [-0.4, -0.2) is 22.3 Å². The van der Waals surface area contributed by atoms with Crippen molar-refractivity contribution in [1.29, 1.82) is 5.26 Å². The van der Waals surface area contributed by atoms with Gasteiger partial charge in [-0.25, -0.2) is 0 Å². The number of nitrogens with one attached hydrogen (secondary N) is 2. The highest BCUT2D eigenvalue weighted by Gasteiger charge is 2.40. The molecule has 0 aromatic heterocycles. The lowest BCUT2D eigenvalue weighted by atomic mass is 9.92. The third kappa shape index (κ3) is 3.62. The van der Waals surface area contributed by atoms with Crippen molar-refractivity contribution in [3.8, 4) is 11.8 Å². The molecule has 1 aliphatic heterocycles. The fourth-order valence-electron chi connectivity index (χ4n) is 2.83. The number of benzene rings is 2. The van der Waals surface area contributed by atoms with Crippen LogP contribution >= 0.6 is 0 Å². The van der Waals surface area contributed by atoms with Gasteiger partial charge in [0, 0.05) is 17.7 Å². The maximum atomic E-state index is 13.1. The van der Waals surface area contributed by atoms with Gasteiger partial charge in [0.25, 0.3) is 5.91 Å². The third-order valence-corrected chi connectivity index (χ3v) is 4.38. The number of hydrogen-bond donors (Lipinski definition) is 3. The number of anilines is 1. The standard InChI is InChI=1S/C19H15F3N4O2/c1-18(9-15(25-26-18)13-4-2-3-5-16(13)27)17(28)24-12-7-6-11(10-23)14(8-12)19(20,21)22/h2-8,26-27H,9H2,1H3,(H,24,28). The first kappa shape index (κ1) is 19.2. The molecule has 0 spiro atoms. The number of amides is 1. The molecule has 0 saturated carbocycles. The molecule has 2 aromatic rings. The van der Waals surface area contributed by atoms with Gasteiger partial charge in [-0.1, -0.05) is 12.1 Å². The van der Waals surface area contributed by atoms with Crippen molar-refractivity contribution in [2.75, 3.05) is 5.32 Å². The number of alkyl halides is 3. The Hall–Kier alpha value is -3.54. The molecule has 9 heteroatoms. The van der Waals surface area contributed by atoms with E-state index in [1.165, 1.54) is 18.2 Å². The second-order valence-electron chi connectivity index (χ2n) is 6.52. The number of carbonyl (C=O) groups is 1. The van der Waals surface area contributed by atoms with Crippen LogP contribution in [0.3, 0.4) is 0 Å². The van der Waals surface area contributed by atoms with Crippen LogP contribution in [0.25, 0.3) is 0 Å². The molecule has 1 unspecified atom stereocenters. The van der Waals surface area contributed by atoms with Crippen molar-refractivity contribution >= 4 is 17.3 Å². The lowest BCUT2D eigenvalue weighted by molar-refractivity contribution is -0.137. The van der Waals surface area contributed by atoms with E-state index in [1.807, 2.05) is 0 Å². The Balaban J connectivity index is 1.79. The first-order chi connectivity index (χ1) is 13.1. The highest BCUT2D eigenvalue weighted by molar-refractivity contribution is 6.10. The molecule has 0 fully saturated rings. The zero-order chi connectivity index (χ0) is 20.5. The van der Waals surface area contributed by atoms with E-state index >= 15 is 0 Å². The van der Waals surface area contributed by atoms with Gasteiger partial charge >= 0.3 is 6.18 Å². The summed E-state index contributed by atoms with van der Waals surface area (Å²) in [6.07, 6.45) is -4.60. The van der Waals surface area contributed by atoms with Gasteiger partial charge in [0.05, 0.1) is 22.9 Å². The van der Waals surface area contributed by atoms with Gasteiger partial charge in [-0.05, 0) is 37.3 Å². The fraction of sp³-hybridized carbons (Fsp3) is 0.211. The number of halogens is 3. The van der Waals surface area contributed by atoms with Crippen LogP contribution in [0, 0.1) is 11.3 Å². The summed E-state index contributed by atoms with van der Waals surface area (Å²) in [5.41, 5.74) is 0.645. The number of hydrazone groups is 1. The number of aromatic hydroxyl groups is 1. The summed E-state index contributed by atoms with van der Waals surface area (Å²) in [4.78, 5) is 12.7. The molecular formula is C19H15F3N4O2. The second kappa shape index (κ2) is 6.88. The van der Waals surface area contributed by atoms with Crippen LogP contribution < -0.4 is 10.7 Å². The largest absolute Gasteiger partial charge is 0.507 e. The Labute approximate surface area is 158 Å². The average Bonchev–Trinajstić information content (AvgIpc) is 3.05. The SMILES string of the molecule is CC1(C(=O)Nc2ccc(C#N)c(C(F)(F)F)c2)CC(c2ccccc2O)=NN1. The number of nitriles is 1. The van der Waals surface area contributed by atoms with Crippen molar-refractivity contribution in [3.63, 3.8) is 0 Å². The lowest BCUT2D eigenvalue weighted by Gasteiger charge is -2.23. The minimum atomic E-state index is -4.72. The lowest BCUT2D eigenvalue weighted by Crippen LogP contribution is -2.47. The Morgan fingerprint density at radius 3 is 2.68 bits per heavy atom. The van der Waals surface area contributed by atoms with Crippen LogP contribution in [0.4, 0.5) is 18.9 Å². The minimum Gasteiger partial charge on any atom is -0.507 e. The molecule has 0 bridgehead atoms. The molecule has 0 saturated heterocycles. The van der Waals surface area contributed by atoms with E-state index in [0.29, 0.717) is 11.3 Å². The van der Waals surface area contributed by atoms with Crippen molar-refractivity contribution in [2.24, 2.45) is 5.10 Å². The number of para-hydroxylation sites is 1. The molecule has 0 aliphatic carbocycles. The summed E-state index contributed by atoms with van der Waals surface area (Å²) in [6, 6.07) is 10.9. The monoisotopic (exact) mass is 388 g/mol. The van der Waals surface area contributed by atoms with E-state index < -0.39 is 28.7 Å². The van der Waals surface area contributed by atoms with Gasteiger partial charge in [0.15, 0.2) is 0 Å². The Morgan fingerprint density at radius 1 is 1.32 bits per heavy atom. The summed E-state index contributed by atoms with van der Waals surface area (Å²) in [6.45, 7) is 1.55. The van der Waals surface area contributed by atoms with E-state index in [0.717, 1.165) is 12.1 Å². The van der Waals surface area contributed by atoms with Gasteiger partial charge < -0.3 is 10.4 Å². The molecule has 1 heterocycles. The Kier molecular flexibility index (Phi) is 4.73. The maximum Gasteiger partial charge on any atom is 0.417 e. The van der Waals surface area contributed by atoms with E-state index in [2.05, 4.69) is 15.8 Å². The predicted molar refractivity (Wildman–Crippen MR) is 95.6 cm³/mol. The zero-order valence-corrected chi connectivity index (χ0v) is 14.6. The van der Waals surface area contributed by atoms with Gasteiger partial charge in [0.2, 0.25) is 0 Å². The van der Waals surface area contributed by atoms with Gasteiger partial charge in [-0.2, -0.15) is 23.5 Å². The van der Waals surface area contributed by atoms with Crippen LogP contribution in [0.15, 0.2) is 47.6 Å². The van der Waals surface area contributed by atoms with Gasteiger partial charge in [-0.15, -0.1) is 0 Å². The molecule has 28 heavy (non-hydrogen) atoms. The topological polar surface area (TPSA) is 97.5 Å². The average molecular weight is 388 g/mol. The van der Waals surface area contributed by atoms with Crippen LogP contribution in [0.1, 0.15) is 30.0 Å². The number of carbonyl (C=O) groups excluding carboxylic acids is 1. The summed E-state index contributed by atoms with van der Waals surface area (Å²) in [7, 11) is 0. The van der Waals surface area contributed by atoms with Gasteiger partial charge in [-0.3, -0.25) is 10.2 Å². The van der Waals surface area contributed by atoms with Gasteiger partial charge in [0.1, 0.15) is 11.3 Å². The molecule has 0 radical (unpaired) electrons. The van der Waals surface area contributed by atoms with Crippen molar-refractivity contribution < 1.29 is 23.1 Å². The van der Waals surface area contributed by atoms with E-state index in [1.54, 1.807) is 25.1 Å². The molecule has 1 aliphatic rings. The molecular weight excluding hydrogens is 373 g/mol. The van der Waals surface area contributed by atoms with Crippen molar-refractivity contribution in [2.45, 2.75) is 25.1 Å². The zero-order valence-electron chi connectivity index (χ0n) is 14.6. The summed E-state index contributed by atoms with van der Waals surface area (Å²) < 4.78 is 39.3. The number of phenolic OH excluding ortho intramolecular Hbond substituents is 1. The highest BCUT2D eigenvalue weighted by Crippen LogP contribution is 2.34. The van der Waals surface area contributed by atoms with Crippen LogP contribution in [0.5, 0.6) is 5.75 Å². The molecule has 6 nitrogen and oxygen atoms in total. The quantitative estimate of drug-likeness (QED) is 0.751. The number of rotatable bonds is 3. The minimum absolute atomic E-state index is 0.00891. The smallest absolute Gasteiger partial charge is 0.417 e. The van der Waals surface area contributed by atoms with Crippen molar-refractivity contribution in [3.05, 3.63) is 59.2 Å². The molecule has 3 rings (SSSR count). The van der Waals surface area contributed by atoms with E-state index in [4.69, 9.17) is 5.26 Å². The normalized spacial score (nSPS) is 18.8. The van der Waals surface area contributed by atoms with E-state index in [9.17, 15) is 23.1 Å². The third-order valence-electron chi connectivity index (χ3n) is 4.38. The Bertz CT molecular complexity index is 1010. The fourth-order valence-corrected chi connectivity index (χ4v) is 2.83. The molecule has 3 N–H and O–H groups in total. The molecule has 1 amide bonds. The molecule has 144 valence electrons. The molecule has 2 aromatic carbocycles. The molecule has 1 atom stereocenters. The van der Waals surface area contributed by atoms with Crippen molar-refractivity contribution in [1.82, 2.24) is 5.43 Å². The summed E-state index contributed by atoms with van der Waals surface area (Å²) in [5, 5.41) is 25.3. The predicted octanol–water partition coefficient (Wildman–Crippen LogP) is 3.38. The highest BCUT2D eigenvalue weighted by atomic mass is 19.4. The van der Waals surface area contributed by atoms with Crippen LogP contribution in [0.2, 0.25) is 0 Å². The Morgan fingerprint density at radius 2 is 2.04 bits per heavy atom. The van der Waals surface area contributed by atoms with Crippen LogP contribution in [-0.2, 0) is 11.0 Å². The van der Waals surface area contributed by atoms with E-state index in [-0.39, 0.29) is 17.9 Å². The first-order valence-electron chi connectivity index (χ1n) is 8.19. The number of phenols is 1. The second-order valence-corrected chi connectivity index (χ2v) is 6.52. The maximum absolute atomic E-state index is 13.1.